The van der Waals surface area contributed by atoms with Gasteiger partial charge in [-0.05, 0) is 24.3 Å². The lowest BCUT2D eigenvalue weighted by atomic mass is 10.1. The van der Waals surface area contributed by atoms with Crippen LogP contribution in [0, 0.1) is 0 Å². The molecule has 1 amide bonds. The molecule has 108 valence electrons. The van der Waals surface area contributed by atoms with Crippen LogP contribution in [0.5, 0.6) is 5.75 Å². The lowest BCUT2D eigenvalue weighted by Crippen LogP contribution is -2.32. The highest BCUT2D eigenvalue weighted by molar-refractivity contribution is 9.10. The zero-order valence-corrected chi connectivity index (χ0v) is 13.5. The van der Waals surface area contributed by atoms with Gasteiger partial charge in [0.25, 0.3) is 5.91 Å². The second kappa shape index (κ2) is 6.08. The maximum Gasteiger partial charge on any atom is 0.254 e. The Morgan fingerprint density at radius 2 is 2.05 bits per heavy atom. The highest BCUT2D eigenvalue weighted by Gasteiger charge is 2.21. The van der Waals surface area contributed by atoms with Gasteiger partial charge in [0.05, 0.1) is 6.54 Å². The van der Waals surface area contributed by atoms with Crippen molar-refractivity contribution in [2.45, 2.75) is 6.54 Å². The van der Waals surface area contributed by atoms with Gasteiger partial charge in [0.1, 0.15) is 12.4 Å². The van der Waals surface area contributed by atoms with Crippen molar-refractivity contribution in [1.29, 1.82) is 0 Å². The van der Waals surface area contributed by atoms with Gasteiger partial charge in [-0.2, -0.15) is 0 Å². The monoisotopic (exact) mass is 365 g/mol. The predicted molar refractivity (Wildman–Crippen MR) is 85.8 cm³/mol. The topological polar surface area (TPSA) is 29.5 Å². The van der Waals surface area contributed by atoms with Crippen molar-refractivity contribution in [3.05, 3.63) is 63.1 Å². The number of carbonyl (C=O) groups excluding carboxylic acids is 1. The number of hydrogen-bond donors (Lipinski definition) is 0. The first kappa shape index (κ1) is 14.4. The van der Waals surface area contributed by atoms with Crippen molar-refractivity contribution in [2.75, 3.05) is 13.2 Å². The summed E-state index contributed by atoms with van der Waals surface area (Å²) in [4.78, 5) is 14.4. The molecule has 0 spiro atoms. The fraction of sp³-hybridized carbons (Fsp3) is 0.188. The van der Waals surface area contributed by atoms with Crippen molar-refractivity contribution in [2.24, 2.45) is 0 Å². The minimum atomic E-state index is -0.0431. The van der Waals surface area contributed by atoms with E-state index in [1.807, 2.05) is 24.3 Å². The van der Waals surface area contributed by atoms with Crippen molar-refractivity contribution < 1.29 is 9.53 Å². The molecule has 3 nitrogen and oxygen atoms in total. The molecule has 0 atom stereocenters. The number of amides is 1. The summed E-state index contributed by atoms with van der Waals surface area (Å²) in [7, 11) is 0. The van der Waals surface area contributed by atoms with Gasteiger partial charge < -0.3 is 9.64 Å². The van der Waals surface area contributed by atoms with Crippen LogP contribution in [-0.2, 0) is 6.54 Å². The van der Waals surface area contributed by atoms with Crippen LogP contribution in [0.2, 0.25) is 5.02 Å². The van der Waals surface area contributed by atoms with Gasteiger partial charge >= 0.3 is 0 Å². The molecule has 1 heterocycles. The summed E-state index contributed by atoms with van der Waals surface area (Å²) in [5.41, 5.74) is 1.60. The molecule has 2 aromatic carbocycles. The minimum Gasteiger partial charge on any atom is -0.491 e. The van der Waals surface area contributed by atoms with Gasteiger partial charge in [-0.1, -0.05) is 45.7 Å². The van der Waals surface area contributed by atoms with Gasteiger partial charge in [0.2, 0.25) is 0 Å². The third-order valence-corrected chi connectivity index (χ3v) is 4.03. The fourth-order valence-corrected chi connectivity index (χ4v) is 3.22. The summed E-state index contributed by atoms with van der Waals surface area (Å²) in [6.07, 6.45) is 0. The molecule has 2 aromatic rings. The molecule has 0 unspecified atom stereocenters. The number of hydrogen-bond acceptors (Lipinski definition) is 2. The summed E-state index contributed by atoms with van der Waals surface area (Å²) in [5.74, 6) is 0.804. The smallest absolute Gasteiger partial charge is 0.254 e. The third kappa shape index (κ3) is 3.22. The molecular weight excluding hydrogens is 354 g/mol. The molecular formula is C16H13BrClNO2. The summed E-state index contributed by atoms with van der Waals surface area (Å²) in [6.45, 7) is 1.58. The van der Waals surface area contributed by atoms with Gasteiger partial charge in [0, 0.05) is 27.2 Å². The second-order valence-electron chi connectivity index (χ2n) is 4.84. The van der Waals surface area contributed by atoms with E-state index in [2.05, 4.69) is 15.9 Å². The van der Waals surface area contributed by atoms with Crippen LogP contribution in [0.4, 0.5) is 0 Å². The Labute approximate surface area is 136 Å². The number of fused-ring (bicyclic) bond motifs is 1. The first-order valence-electron chi connectivity index (χ1n) is 6.59. The van der Waals surface area contributed by atoms with E-state index in [9.17, 15) is 4.79 Å². The van der Waals surface area contributed by atoms with Crippen LogP contribution in [0.15, 0.2) is 46.9 Å². The van der Waals surface area contributed by atoms with E-state index < -0.39 is 0 Å². The first-order chi connectivity index (χ1) is 10.1. The number of benzene rings is 2. The SMILES string of the molecule is O=C(c1cc(Cl)cc(Br)c1)N1CCOc2ccccc2C1. The minimum absolute atomic E-state index is 0.0431. The van der Waals surface area contributed by atoms with Crippen LogP contribution < -0.4 is 4.74 Å². The molecule has 0 saturated carbocycles. The Morgan fingerprint density at radius 1 is 1.24 bits per heavy atom. The predicted octanol–water partition coefficient (Wildman–Crippen LogP) is 4.14. The Bertz CT molecular complexity index is 669. The lowest BCUT2D eigenvalue weighted by Gasteiger charge is -2.20. The zero-order valence-electron chi connectivity index (χ0n) is 11.2. The summed E-state index contributed by atoms with van der Waals surface area (Å²) < 4.78 is 6.48. The van der Waals surface area contributed by atoms with Crippen LogP contribution in [0.25, 0.3) is 0 Å². The average Bonchev–Trinajstić information content (AvgIpc) is 2.67. The van der Waals surface area contributed by atoms with E-state index >= 15 is 0 Å². The summed E-state index contributed by atoms with van der Waals surface area (Å²) in [5, 5.41) is 0.541. The Morgan fingerprint density at radius 3 is 2.86 bits per heavy atom. The van der Waals surface area contributed by atoms with Crippen LogP contribution in [0.3, 0.4) is 0 Å². The molecule has 1 aliphatic rings. The molecule has 3 rings (SSSR count). The number of ether oxygens (including phenoxy) is 1. The molecule has 5 heteroatoms. The summed E-state index contributed by atoms with van der Waals surface area (Å²) in [6, 6.07) is 13.0. The van der Waals surface area contributed by atoms with Crippen molar-refractivity contribution in [1.82, 2.24) is 4.90 Å². The average molecular weight is 367 g/mol. The molecule has 0 fully saturated rings. The van der Waals surface area contributed by atoms with Crippen LogP contribution in [-0.4, -0.2) is 24.0 Å². The maximum atomic E-state index is 12.7. The fourth-order valence-electron chi connectivity index (χ4n) is 2.36. The van der Waals surface area contributed by atoms with E-state index in [1.54, 1.807) is 23.1 Å². The Kier molecular flexibility index (Phi) is 4.17. The Hall–Kier alpha value is -1.52. The number of para-hydroxylation sites is 1. The van der Waals surface area contributed by atoms with Gasteiger partial charge in [0.15, 0.2) is 0 Å². The maximum absolute atomic E-state index is 12.7. The van der Waals surface area contributed by atoms with Gasteiger partial charge in [-0.3, -0.25) is 4.79 Å². The molecule has 0 saturated heterocycles. The third-order valence-electron chi connectivity index (χ3n) is 3.35. The lowest BCUT2D eigenvalue weighted by molar-refractivity contribution is 0.0733. The molecule has 21 heavy (non-hydrogen) atoms. The Balaban J connectivity index is 1.88. The highest BCUT2D eigenvalue weighted by Crippen LogP contribution is 2.25. The molecule has 0 radical (unpaired) electrons. The van der Waals surface area contributed by atoms with Gasteiger partial charge in [-0.15, -0.1) is 0 Å². The molecule has 0 aromatic heterocycles. The van der Waals surface area contributed by atoms with Crippen molar-refractivity contribution >= 4 is 33.4 Å². The zero-order chi connectivity index (χ0) is 14.8. The van der Waals surface area contributed by atoms with Crippen LogP contribution in [0.1, 0.15) is 15.9 Å². The number of halogens is 2. The van der Waals surface area contributed by atoms with E-state index in [-0.39, 0.29) is 5.91 Å². The van der Waals surface area contributed by atoms with E-state index in [4.69, 9.17) is 16.3 Å². The number of carbonyl (C=O) groups is 1. The normalized spacial score (nSPS) is 14.1. The first-order valence-corrected chi connectivity index (χ1v) is 7.76. The largest absolute Gasteiger partial charge is 0.491 e. The molecule has 0 aliphatic carbocycles. The second-order valence-corrected chi connectivity index (χ2v) is 6.19. The highest BCUT2D eigenvalue weighted by atomic mass is 79.9. The van der Waals surface area contributed by atoms with E-state index in [0.717, 1.165) is 15.8 Å². The van der Waals surface area contributed by atoms with Crippen molar-refractivity contribution in [3.8, 4) is 5.75 Å². The molecule has 1 aliphatic heterocycles. The van der Waals surface area contributed by atoms with Gasteiger partial charge in [-0.25, -0.2) is 0 Å². The van der Waals surface area contributed by atoms with E-state index in [0.29, 0.717) is 30.3 Å². The molecule has 0 N–H and O–H groups in total. The molecule has 0 bridgehead atoms. The van der Waals surface area contributed by atoms with E-state index in [1.165, 1.54) is 0 Å². The summed E-state index contributed by atoms with van der Waals surface area (Å²) >= 11 is 9.39. The van der Waals surface area contributed by atoms with Crippen LogP contribution >= 0.6 is 27.5 Å². The standard InChI is InChI=1S/C16H13BrClNO2/c17-13-7-12(8-14(18)9-13)16(20)19-5-6-21-15-4-2-1-3-11(15)10-19/h1-4,7-9H,5-6,10H2. The number of rotatable bonds is 1. The van der Waals surface area contributed by atoms with Crippen molar-refractivity contribution in [3.63, 3.8) is 0 Å². The number of nitrogens with zero attached hydrogens (tertiary/aromatic N) is 1. The quantitative estimate of drug-likeness (QED) is 0.759.